The van der Waals surface area contributed by atoms with Crippen LogP contribution in [-0.2, 0) is 24.4 Å². The Hall–Kier alpha value is -2.46. The quantitative estimate of drug-likeness (QED) is 0.665. The molecule has 0 saturated carbocycles. The van der Waals surface area contributed by atoms with Crippen LogP contribution >= 0.6 is 0 Å². The first-order valence-electron chi connectivity index (χ1n) is 10.7. The molecule has 168 valence electrons. The third kappa shape index (κ3) is 3.82. The number of aryl methyl sites for hydroxylation is 1. The van der Waals surface area contributed by atoms with E-state index in [1.54, 1.807) is 36.2 Å². The molecule has 0 bridgehead atoms. The Labute approximate surface area is 182 Å². The number of sulfonamides is 1. The van der Waals surface area contributed by atoms with Crippen LogP contribution in [0.1, 0.15) is 37.7 Å². The molecule has 0 spiro atoms. The average Bonchev–Trinajstić information content (AvgIpc) is 3.45. The number of carbonyl (C=O) groups excluding carboxylic acids is 3. The molecule has 3 aliphatic heterocycles. The second-order valence-electron chi connectivity index (χ2n) is 8.49. The van der Waals surface area contributed by atoms with E-state index in [9.17, 15) is 22.8 Å². The van der Waals surface area contributed by atoms with E-state index in [0.717, 1.165) is 5.56 Å². The molecule has 0 unspecified atom stereocenters. The second-order valence-corrected chi connectivity index (χ2v) is 10.4. The average molecular weight is 449 g/mol. The Bertz CT molecular complexity index is 994. The number of nitrogens with one attached hydrogen (secondary N) is 2. The lowest BCUT2D eigenvalue weighted by atomic mass is 10.1. The summed E-state index contributed by atoms with van der Waals surface area (Å²) in [6.07, 6.45) is 2.76. The second kappa shape index (κ2) is 8.23. The summed E-state index contributed by atoms with van der Waals surface area (Å²) in [7, 11) is -2.27. The van der Waals surface area contributed by atoms with E-state index >= 15 is 0 Å². The summed E-state index contributed by atoms with van der Waals surface area (Å²) in [4.78, 5) is 39.7. The molecule has 0 aliphatic carbocycles. The fraction of sp³-hybridized carbons (Fsp3) is 0.571. The van der Waals surface area contributed by atoms with Gasteiger partial charge < -0.3 is 15.5 Å². The molecule has 4 atom stereocenters. The van der Waals surface area contributed by atoms with Crippen molar-refractivity contribution in [1.82, 2.24) is 19.8 Å². The van der Waals surface area contributed by atoms with Gasteiger partial charge in [0.2, 0.25) is 27.7 Å². The monoisotopic (exact) mass is 448 g/mol. The number of carbonyl (C=O) groups is 3. The van der Waals surface area contributed by atoms with Gasteiger partial charge in [-0.3, -0.25) is 14.4 Å². The molecular formula is C21H28N4O5S. The molecule has 3 fully saturated rings. The summed E-state index contributed by atoms with van der Waals surface area (Å²) < 4.78 is 27.4. The first kappa shape index (κ1) is 21.8. The zero-order valence-electron chi connectivity index (χ0n) is 17.7. The van der Waals surface area contributed by atoms with Crippen LogP contribution in [0.4, 0.5) is 0 Å². The van der Waals surface area contributed by atoms with E-state index in [1.807, 2.05) is 6.92 Å². The number of fused-ring (bicyclic) bond motifs is 1. The van der Waals surface area contributed by atoms with Crippen molar-refractivity contribution >= 4 is 27.7 Å². The summed E-state index contributed by atoms with van der Waals surface area (Å²) in [6, 6.07) is 4.40. The van der Waals surface area contributed by atoms with Crippen LogP contribution in [0.15, 0.2) is 29.2 Å². The lowest BCUT2D eigenvalue weighted by Gasteiger charge is -2.25. The molecule has 0 radical (unpaired) electrons. The number of rotatable bonds is 5. The summed E-state index contributed by atoms with van der Waals surface area (Å²) >= 11 is 0. The molecule has 9 nitrogen and oxygen atoms in total. The minimum Gasteiger partial charge on any atom is -0.357 e. The topological polar surface area (TPSA) is 116 Å². The standard InChI is InChI=1S/C21H28N4O5S/c1-13-5-8-15(9-6-13)31(29,30)24-11-3-4-17(24)20(27)23-16-12-14-7-10-18(19(26)22-2)25(14)21(16)28/h5-6,8-9,14,16-18H,3-4,7,10-12H2,1-2H3,(H,22,26)(H,23,27)/t14-,16+,17+,18+/m1/s1. The van der Waals surface area contributed by atoms with Gasteiger partial charge in [0.25, 0.3) is 0 Å². The van der Waals surface area contributed by atoms with Gasteiger partial charge in [0.05, 0.1) is 4.90 Å². The zero-order chi connectivity index (χ0) is 22.3. The molecular weight excluding hydrogens is 420 g/mol. The van der Waals surface area contributed by atoms with Crippen LogP contribution < -0.4 is 10.6 Å². The highest BCUT2D eigenvalue weighted by Crippen LogP contribution is 2.34. The first-order chi connectivity index (χ1) is 14.7. The van der Waals surface area contributed by atoms with Crippen molar-refractivity contribution in [1.29, 1.82) is 0 Å². The van der Waals surface area contributed by atoms with Gasteiger partial charge in [-0.2, -0.15) is 4.31 Å². The maximum absolute atomic E-state index is 13.1. The van der Waals surface area contributed by atoms with Crippen LogP contribution in [0, 0.1) is 6.92 Å². The van der Waals surface area contributed by atoms with Gasteiger partial charge in [0.1, 0.15) is 18.1 Å². The van der Waals surface area contributed by atoms with Gasteiger partial charge in [-0.05, 0) is 51.2 Å². The molecule has 1 aromatic carbocycles. The van der Waals surface area contributed by atoms with Crippen molar-refractivity contribution in [2.45, 2.75) is 68.1 Å². The fourth-order valence-corrected chi connectivity index (χ4v) is 6.61. The summed E-state index contributed by atoms with van der Waals surface area (Å²) in [5.74, 6) is -0.923. The largest absolute Gasteiger partial charge is 0.357 e. The molecule has 3 aliphatic rings. The lowest BCUT2D eigenvalue weighted by Crippen LogP contribution is -2.52. The molecule has 3 heterocycles. The SMILES string of the molecule is CNC(=O)[C@@H]1CC[C@@H]2C[C@H](NC(=O)[C@@H]3CCCN3S(=O)(=O)c3ccc(C)cc3)C(=O)N21. The minimum absolute atomic E-state index is 0.0731. The van der Waals surface area contributed by atoms with Gasteiger partial charge in [-0.25, -0.2) is 8.42 Å². The predicted molar refractivity (Wildman–Crippen MR) is 112 cm³/mol. The van der Waals surface area contributed by atoms with E-state index < -0.39 is 34.1 Å². The highest BCUT2D eigenvalue weighted by molar-refractivity contribution is 7.89. The smallest absolute Gasteiger partial charge is 0.246 e. The minimum atomic E-state index is -3.81. The zero-order valence-corrected chi connectivity index (χ0v) is 18.5. The lowest BCUT2D eigenvalue weighted by molar-refractivity contribution is -0.139. The molecule has 3 saturated heterocycles. The van der Waals surface area contributed by atoms with E-state index in [2.05, 4.69) is 10.6 Å². The Balaban J connectivity index is 1.47. The summed E-state index contributed by atoms with van der Waals surface area (Å²) in [6.45, 7) is 2.14. The van der Waals surface area contributed by atoms with Crippen molar-refractivity contribution in [2.75, 3.05) is 13.6 Å². The molecule has 3 amide bonds. The number of nitrogens with zero attached hydrogens (tertiary/aromatic N) is 2. The van der Waals surface area contributed by atoms with Crippen LogP contribution in [-0.4, -0.2) is 73.1 Å². The Morgan fingerprint density at radius 2 is 1.74 bits per heavy atom. The van der Waals surface area contributed by atoms with Gasteiger partial charge in [-0.15, -0.1) is 0 Å². The number of hydrogen-bond donors (Lipinski definition) is 2. The van der Waals surface area contributed by atoms with E-state index in [-0.39, 0.29) is 29.3 Å². The maximum Gasteiger partial charge on any atom is 0.246 e. The van der Waals surface area contributed by atoms with Gasteiger partial charge in [0.15, 0.2) is 0 Å². The summed E-state index contributed by atoms with van der Waals surface area (Å²) in [5.41, 5.74) is 0.949. The van der Waals surface area contributed by atoms with Crippen LogP contribution in [0.25, 0.3) is 0 Å². The number of benzene rings is 1. The molecule has 1 aromatic rings. The van der Waals surface area contributed by atoms with Gasteiger partial charge in [-0.1, -0.05) is 17.7 Å². The molecule has 2 N–H and O–H groups in total. The Morgan fingerprint density at radius 1 is 1.03 bits per heavy atom. The van der Waals surface area contributed by atoms with Gasteiger partial charge >= 0.3 is 0 Å². The molecule has 4 rings (SSSR count). The van der Waals surface area contributed by atoms with Crippen LogP contribution in [0.2, 0.25) is 0 Å². The normalized spacial score (nSPS) is 28.6. The highest BCUT2D eigenvalue weighted by atomic mass is 32.2. The van der Waals surface area contributed by atoms with Crippen LogP contribution in [0.5, 0.6) is 0 Å². The number of hydrogen-bond acceptors (Lipinski definition) is 5. The number of likely N-dealkylation sites (N-methyl/N-ethyl adjacent to an activating group) is 1. The third-order valence-corrected chi connectivity index (χ3v) is 8.48. The van der Waals surface area contributed by atoms with Gasteiger partial charge in [0, 0.05) is 19.6 Å². The van der Waals surface area contributed by atoms with Crippen molar-refractivity contribution in [2.24, 2.45) is 0 Å². The highest BCUT2D eigenvalue weighted by Gasteiger charge is 2.50. The molecule has 0 aromatic heterocycles. The summed E-state index contributed by atoms with van der Waals surface area (Å²) in [5, 5.41) is 5.36. The third-order valence-electron chi connectivity index (χ3n) is 6.56. The van der Waals surface area contributed by atoms with Crippen molar-refractivity contribution in [3.63, 3.8) is 0 Å². The predicted octanol–water partition coefficient (Wildman–Crippen LogP) is 0.142. The number of amides is 3. The van der Waals surface area contributed by atoms with E-state index in [0.29, 0.717) is 32.1 Å². The maximum atomic E-state index is 13.1. The van der Waals surface area contributed by atoms with E-state index in [4.69, 9.17) is 0 Å². The Kier molecular flexibility index (Phi) is 5.78. The van der Waals surface area contributed by atoms with Crippen molar-refractivity contribution in [3.05, 3.63) is 29.8 Å². The van der Waals surface area contributed by atoms with Crippen molar-refractivity contribution in [3.8, 4) is 0 Å². The fourth-order valence-electron chi connectivity index (χ4n) is 4.95. The molecule has 31 heavy (non-hydrogen) atoms. The molecule has 10 heteroatoms. The van der Waals surface area contributed by atoms with Crippen LogP contribution in [0.3, 0.4) is 0 Å². The van der Waals surface area contributed by atoms with E-state index in [1.165, 1.54) is 4.31 Å². The Morgan fingerprint density at radius 3 is 2.42 bits per heavy atom. The first-order valence-corrected chi connectivity index (χ1v) is 12.1. The van der Waals surface area contributed by atoms with Crippen molar-refractivity contribution < 1.29 is 22.8 Å².